The van der Waals surface area contributed by atoms with Crippen LogP contribution >= 0.6 is 0 Å². The first kappa shape index (κ1) is 11.9. The van der Waals surface area contributed by atoms with Crippen molar-refractivity contribution in [3.8, 4) is 11.8 Å². The minimum atomic E-state index is -1.89. The minimum absolute atomic E-state index is 0.230. The van der Waals surface area contributed by atoms with Crippen molar-refractivity contribution >= 4 is 5.97 Å². The maximum absolute atomic E-state index is 13.5. The SMILES string of the molecule is COc1c(C(O)C(=O)O)ccc(C#N)c1F. The lowest BCUT2D eigenvalue weighted by Gasteiger charge is -2.12. The summed E-state index contributed by atoms with van der Waals surface area (Å²) in [4.78, 5) is 10.5. The summed E-state index contributed by atoms with van der Waals surface area (Å²) >= 11 is 0. The summed E-state index contributed by atoms with van der Waals surface area (Å²) in [5.74, 6) is -2.95. The molecule has 1 aromatic rings. The molecule has 0 spiro atoms. The van der Waals surface area contributed by atoms with Crippen molar-refractivity contribution in [1.82, 2.24) is 0 Å². The fourth-order valence-corrected chi connectivity index (χ4v) is 1.21. The highest BCUT2D eigenvalue weighted by molar-refractivity contribution is 5.75. The largest absolute Gasteiger partial charge is 0.493 e. The predicted molar refractivity (Wildman–Crippen MR) is 50.3 cm³/mol. The smallest absolute Gasteiger partial charge is 0.337 e. The molecule has 0 aromatic heterocycles. The van der Waals surface area contributed by atoms with Crippen LogP contribution in [0.15, 0.2) is 12.1 Å². The number of aliphatic hydroxyl groups is 1. The van der Waals surface area contributed by atoms with Crippen LogP contribution in [-0.4, -0.2) is 23.3 Å². The van der Waals surface area contributed by atoms with E-state index in [1.54, 1.807) is 6.07 Å². The minimum Gasteiger partial charge on any atom is -0.493 e. The first-order chi connectivity index (χ1) is 7.52. The molecule has 0 saturated carbocycles. The van der Waals surface area contributed by atoms with Crippen molar-refractivity contribution in [2.75, 3.05) is 7.11 Å². The molecule has 16 heavy (non-hydrogen) atoms. The Balaban J connectivity index is 3.38. The van der Waals surface area contributed by atoms with Crippen LogP contribution in [0.2, 0.25) is 0 Å². The lowest BCUT2D eigenvalue weighted by atomic mass is 10.1. The normalized spacial score (nSPS) is 11.6. The van der Waals surface area contributed by atoms with Gasteiger partial charge in [-0.05, 0) is 6.07 Å². The maximum atomic E-state index is 13.5. The van der Waals surface area contributed by atoms with E-state index < -0.39 is 23.6 Å². The topological polar surface area (TPSA) is 90.6 Å². The standard InChI is InChI=1S/C10H8FNO4/c1-16-9-6(8(13)10(14)15)3-2-5(4-12)7(9)11/h2-3,8,13H,1H3,(H,14,15). The van der Waals surface area contributed by atoms with Gasteiger partial charge >= 0.3 is 5.97 Å². The van der Waals surface area contributed by atoms with Gasteiger partial charge in [0.2, 0.25) is 0 Å². The van der Waals surface area contributed by atoms with E-state index >= 15 is 0 Å². The number of nitriles is 1. The van der Waals surface area contributed by atoms with Gasteiger partial charge in [-0.1, -0.05) is 6.07 Å². The lowest BCUT2D eigenvalue weighted by molar-refractivity contribution is -0.147. The quantitative estimate of drug-likeness (QED) is 0.794. The van der Waals surface area contributed by atoms with E-state index in [2.05, 4.69) is 4.74 Å². The zero-order valence-electron chi connectivity index (χ0n) is 8.27. The molecule has 1 aromatic carbocycles. The van der Waals surface area contributed by atoms with Crippen LogP contribution in [0.25, 0.3) is 0 Å². The molecule has 6 heteroatoms. The van der Waals surface area contributed by atoms with Crippen LogP contribution in [0.1, 0.15) is 17.2 Å². The number of halogens is 1. The zero-order valence-corrected chi connectivity index (χ0v) is 8.27. The maximum Gasteiger partial charge on any atom is 0.337 e. The third-order valence-electron chi connectivity index (χ3n) is 1.98. The van der Waals surface area contributed by atoms with Crippen molar-refractivity contribution < 1.29 is 24.1 Å². The molecular weight excluding hydrogens is 217 g/mol. The fourth-order valence-electron chi connectivity index (χ4n) is 1.21. The monoisotopic (exact) mass is 225 g/mol. The van der Waals surface area contributed by atoms with Crippen LogP contribution in [0.5, 0.6) is 5.75 Å². The highest BCUT2D eigenvalue weighted by Crippen LogP contribution is 2.30. The second-order valence-corrected chi connectivity index (χ2v) is 2.90. The van der Waals surface area contributed by atoms with E-state index in [0.29, 0.717) is 0 Å². The van der Waals surface area contributed by atoms with Gasteiger partial charge < -0.3 is 14.9 Å². The second-order valence-electron chi connectivity index (χ2n) is 2.90. The summed E-state index contributed by atoms with van der Waals surface area (Å²) < 4.78 is 18.1. The number of carboxylic acids is 1. The molecule has 0 bridgehead atoms. The van der Waals surface area contributed by atoms with E-state index in [-0.39, 0.29) is 11.1 Å². The number of hydrogen-bond acceptors (Lipinski definition) is 4. The van der Waals surface area contributed by atoms with Crippen LogP contribution in [0, 0.1) is 17.1 Å². The molecule has 0 fully saturated rings. The Bertz CT molecular complexity index is 467. The van der Waals surface area contributed by atoms with E-state index in [1.165, 1.54) is 0 Å². The zero-order chi connectivity index (χ0) is 12.3. The predicted octanol–water partition coefficient (Wildman–Crippen LogP) is 0.824. The number of methoxy groups -OCH3 is 1. The van der Waals surface area contributed by atoms with Crippen LogP contribution in [-0.2, 0) is 4.79 Å². The second kappa shape index (κ2) is 4.59. The molecule has 1 unspecified atom stereocenters. The van der Waals surface area contributed by atoms with Crippen molar-refractivity contribution in [3.63, 3.8) is 0 Å². The van der Waals surface area contributed by atoms with Gasteiger partial charge in [-0.15, -0.1) is 0 Å². The molecule has 0 saturated heterocycles. The first-order valence-electron chi connectivity index (χ1n) is 4.20. The van der Waals surface area contributed by atoms with Crippen LogP contribution in [0.3, 0.4) is 0 Å². The van der Waals surface area contributed by atoms with Gasteiger partial charge in [-0.25, -0.2) is 9.18 Å². The molecule has 0 amide bonds. The Morgan fingerprint density at radius 1 is 1.62 bits per heavy atom. The van der Waals surface area contributed by atoms with E-state index in [1.807, 2.05) is 0 Å². The molecule has 2 N–H and O–H groups in total. The average molecular weight is 225 g/mol. The summed E-state index contributed by atoms with van der Waals surface area (Å²) in [6, 6.07) is 3.80. The van der Waals surface area contributed by atoms with Gasteiger partial charge in [0.25, 0.3) is 0 Å². The molecular formula is C10H8FNO4. The van der Waals surface area contributed by atoms with E-state index in [9.17, 15) is 14.3 Å². The molecule has 84 valence electrons. The molecule has 0 radical (unpaired) electrons. The third-order valence-corrected chi connectivity index (χ3v) is 1.98. The number of hydrogen-bond donors (Lipinski definition) is 2. The third kappa shape index (κ3) is 1.94. The van der Waals surface area contributed by atoms with Crippen molar-refractivity contribution in [2.45, 2.75) is 6.10 Å². The van der Waals surface area contributed by atoms with Crippen LogP contribution in [0.4, 0.5) is 4.39 Å². The first-order valence-corrected chi connectivity index (χ1v) is 4.20. The number of carboxylic acid groups (broad SMARTS) is 1. The number of nitrogens with zero attached hydrogens (tertiary/aromatic N) is 1. The molecule has 0 heterocycles. The molecule has 0 aliphatic heterocycles. The van der Waals surface area contributed by atoms with Gasteiger partial charge in [0.05, 0.1) is 12.7 Å². The summed E-state index contributed by atoms with van der Waals surface area (Å²) in [6.07, 6.45) is -1.89. The number of carbonyl (C=O) groups is 1. The number of benzene rings is 1. The summed E-state index contributed by atoms with van der Waals surface area (Å²) in [5.41, 5.74) is -0.510. The molecule has 5 nitrogen and oxygen atoms in total. The van der Waals surface area contributed by atoms with E-state index in [4.69, 9.17) is 10.4 Å². The number of rotatable bonds is 3. The van der Waals surface area contributed by atoms with Gasteiger partial charge in [-0.2, -0.15) is 5.26 Å². The number of aliphatic carboxylic acids is 1. The highest BCUT2D eigenvalue weighted by Gasteiger charge is 2.24. The highest BCUT2D eigenvalue weighted by atomic mass is 19.1. The van der Waals surface area contributed by atoms with Gasteiger partial charge in [0, 0.05) is 5.56 Å². The van der Waals surface area contributed by atoms with Gasteiger partial charge in [0.1, 0.15) is 6.07 Å². The number of aliphatic hydroxyl groups excluding tert-OH is 1. The molecule has 0 aliphatic rings. The Morgan fingerprint density at radius 3 is 2.69 bits per heavy atom. The lowest BCUT2D eigenvalue weighted by Crippen LogP contribution is -2.12. The Hall–Kier alpha value is -2.13. The van der Waals surface area contributed by atoms with Crippen molar-refractivity contribution in [2.24, 2.45) is 0 Å². The molecule has 0 aliphatic carbocycles. The Kier molecular flexibility index (Phi) is 3.43. The summed E-state index contributed by atoms with van der Waals surface area (Å²) in [7, 11) is 1.12. The average Bonchev–Trinajstić information content (AvgIpc) is 2.27. The van der Waals surface area contributed by atoms with Crippen molar-refractivity contribution in [1.29, 1.82) is 5.26 Å². The van der Waals surface area contributed by atoms with Crippen LogP contribution < -0.4 is 4.74 Å². The van der Waals surface area contributed by atoms with Gasteiger partial charge in [-0.3, -0.25) is 0 Å². The van der Waals surface area contributed by atoms with Crippen molar-refractivity contribution in [3.05, 3.63) is 29.1 Å². The number of ether oxygens (including phenoxy) is 1. The summed E-state index contributed by atoms with van der Waals surface area (Å²) in [6.45, 7) is 0. The summed E-state index contributed by atoms with van der Waals surface area (Å²) in [5, 5.41) is 26.4. The fraction of sp³-hybridized carbons (Fsp3) is 0.200. The van der Waals surface area contributed by atoms with Gasteiger partial charge in [0.15, 0.2) is 17.7 Å². The van der Waals surface area contributed by atoms with E-state index in [0.717, 1.165) is 19.2 Å². The molecule has 1 rings (SSSR count). The Morgan fingerprint density at radius 2 is 2.25 bits per heavy atom. The Labute approximate surface area is 90.3 Å². The molecule has 1 atom stereocenters.